The number of ether oxygens (including phenoxy) is 1. The van der Waals surface area contributed by atoms with E-state index >= 15 is 0 Å². The number of hydrogen-bond donors (Lipinski definition) is 1. The summed E-state index contributed by atoms with van der Waals surface area (Å²) in [6.07, 6.45) is 0. The lowest BCUT2D eigenvalue weighted by Gasteiger charge is -2.09. The summed E-state index contributed by atoms with van der Waals surface area (Å²) in [5.41, 5.74) is 0.583. The number of rotatable bonds is 4. The first-order valence-corrected chi connectivity index (χ1v) is 6.74. The molecule has 20 heavy (non-hydrogen) atoms. The van der Waals surface area contributed by atoms with Crippen molar-refractivity contribution in [3.05, 3.63) is 62.8 Å². The van der Waals surface area contributed by atoms with Gasteiger partial charge in [-0.2, -0.15) is 0 Å². The molecule has 0 spiro atoms. The first kappa shape index (κ1) is 14.8. The molecule has 0 saturated carbocycles. The van der Waals surface area contributed by atoms with Gasteiger partial charge in [0.1, 0.15) is 18.2 Å². The van der Waals surface area contributed by atoms with Gasteiger partial charge in [-0.05, 0) is 40.2 Å². The molecule has 0 atom stereocenters. The van der Waals surface area contributed by atoms with Gasteiger partial charge in [0.15, 0.2) is 0 Å². The molecule has 104 valence electrons. The minimum Gasteiger partial charge on any atom is -0.489 e. The summed E-state index contributed by atoms with van der Waals surface area (Å²) < 4.78 is 19.2. The zero-order valence-electron chi connectivity index (χ0n) is 10.1. The Labute approximate surface area is 128 Å². The maximum Gasteiger partial charge on any atom is 0.336 e. The van der Waals surface area contributed by atoms with E-state index in [0.717, 1.165) is 0 Å². The summed E-state index contributed by atoms with van der Waals surface area (Å²) in [5, 5.41) is 9.00. The molecule has 0 aliphatic heterocycles. The third-order valence-corrected chi connectivity index (χ3v) is 3.71. The van der Waals surface area contributed by atoms with E-state index in [1.807, 2.05) is 0 Å². The molecule has 0 bridgehead atoms. The van der Waals surface area contributed by atoms with Crippen molar-refractivity contribution in [3.8, 4) is 5.75 Å². The second-order valence-electron chi connectivity index (χ2n) is 3.95. The largest absolute Gasteiger partial charge is 0.489 e. The van der Waals surface area contributed by atoms with E-state index in [4.69, 9.17) is 21.4 Å². The van der Waals surface area contributed by atoms with E-state index in [2.05, 4.69) is 15.9 Å². The van der Waals surface area contributed by atoms with Crippen LogP contribution >= 0.6 is 27.5 Å². The second-order valence-corrected chi connectivity index (χ2v) is 5.18. The Kier molecular flexibility index (Phi) is 4.62. The van der Waals surface area contributed by atoms with Gasteiger partial charge >= 0.3 is 5.97 Å². The summed E-state index contributed by atoms with van der Waals surface area (Å²) in [6.45, 7) is 0.0529. The topological polar surface area (TPSA) is 46.5 Å². The van der Waals surface area contributed by atoms with Crippen molar-refractivity contribution >= 4 is 33.5 Å². The Balaban J connectivity index is 2.17. The van der Waals surface area contributed by atoms with Crippen molar-refractivity contribution in [2.24, 2.45) is 0 Å². The van der Waals surface area contributed by atoms with Crippen LogP contribution < -0.4 is 4.74 Å². The number of aromatic carboxylic acids is 1. The van der Waals surface area contributed by atoms with Gasteiger partial charge in [0, 0.05) is 10.0 Å². The molecule has 0 fully saturated rings. The molecule has 0 heterocycles. The zero-order chi connectivity index (χ0) is 14.7. The number of benzene rings is 2. The molecule has 2 aromatic carbocycles. The quantitative estimate of drug-likeness (QED) is 0.873. The van der Waals surface area contributed by atoms with Crippen LogP contribution in [0.3, 0.4) is 0 Å². The van der Waals surface area contributed by atoms with Crippen LogP contribution in [0.2, 0.25) is 5.02 Å². The number of carboxylic acids is 1. The SMILES string of the molecule is O=C(O)c1cc(OCc2cccc(F)c2Cl)ccc1Br. The predicted molar refractivity (Wildman–Crippen MR) is 76.8 cm³/mol. The molecule has 3 nitrogen and oxygen atoms in total. The maximum atomic E-state index is 13.3. The second kappa shape index (κ2) is 6.24. The van der Waals surface area contributed by atoms with Crippen molar-refractivity contribution in [3.63, 3.8) is 0 Å². The highest BCUT2D eigenvalue weighted by Crippen LogP contribution is 2.25. The Morgan fingerprint density at radius 2 is 2.10 bits per heavy atom. The summed E-state index contributed by atoms with van der Waals surface area (Å²) in [4.78, 5) is 11.0. The Hall–Kier alpha value is -1.59. The molecule has 2 rings (SSSR count). The van der Waals surface area contributed by atoms with Crippen LogP contribution in [0.5, 0.6) is 5.75 Å². The van der Waals surface area contributed by atoms with Crippen LogP contribution in [0.25, 0.3) is 0 Å². The van der Waals surface area contributed by atoms with E-state index in [1.165, 1.54) is 18.2 Å². The number of halogens is 3. The average molecular weight is 360 g/mol. The van der Waals surface area contributed by atoms with Gasteiger partial charge in [-0.1, -0.05) is 23.7 Å². The lowest BCUT2D eigenvalue weighted by Crippen LogP contribution is -2.01. The first-order chi connectivity index (χ1) is 9.49. The van der Waals surface area contributed by atoms with Gasteiger partial charge in [-0.3, -0.25) is 0 Å². The molecule has 0 aliphatic rings. The number of hydrogen-bond acceptors (Lipinski definition) is 2. The Morgan fingerprint density at radius 1 is 1.35 bits per heavy atom. The van der Waals surface area contributed by atoms with Crippen molar-refractivity contribution in [2.75, 3.05) is 0 Å². The van der Waals surface area contributed by atoms with Crippen molar-refractivity contribution in [1.82, 2.24) is 0 Å². The fourth-order valence-electron chi connectivity index (χ4n) is 1.58. The Bertz CT molecular complexity index is 661. The van der Waals surface area contributed by atoms with Crippen molar-refractivity contribution in [2.45, 2.75) is 6.61 Å². The maximum absolute atomic E-state index is 13.3. The number of carboxylic acid groups (broad SMARTS) is 1. The third kappa shape index (κ3) is 3.29. The monoisotopic (exact) mass is 358 g/mol. The van der Waals surface area contributed by atoms with Crippen LogP contribution in [0.4, 0.5) is 4.39 Å². The molecular weight excluding hydrogens is 351 g/mol. The molecule has 1 N–H and O–H groups in total. The van der Waals surface area contributed by atoms with Crippen LogP contribution in [0.1, 0.15) is 15.9 Å². The minimum atomic E-state index is -1.06. The van der Waals surface area contributed by atoms with Crippen LogP contribution in [0.15, 0.2) is 40.9 Å². The summed E-state index contributed by atoms with van der Waals surface area (Å²) in [5.74, 6) is -1.22. The van der Waals surface area contributed by atoms with Crippen molar-refractivity contribution in [1.29, 1.82) is 0 Å². The van der Waals surface area contributed by atoms with Gasteiger partial charge in [-0.15, -0.1) is 0 Å². The predicted octanol–water partition coefficient (Wildman–Crippen LogP) is 4.52. The van der Waals surface area contributed by atoms with Gasteiger partial charge in [-0.25, -0.2) is 9.18 Å². The molecule has 0 amide bonds. The standard InChI is InChI=1S/C14H9BrClFO3/c15-11-5-4-9(6-10(11)14(18)19)20-7-8-2-1-3-12(17)13(8)16/h1-6H,7H2,(H,18,19). The van der Waals surface area contributed by atoms with E-state index in [9.17, 15) is 9.18 Å². The summed E-state index contributed by atoms with van der Waals surface area (Å²) >= 11 is 8.95. The lowest BCUT2D eigenvalue weighted by molar-refractivity contribution is 0.0695. The van der Waals surface area contributed by atoms with Gasteiger partial charge < -0.3 is 9.84 Å². The number of carbonyl (C=O) groups is 1. The van der Waals surface area contributed by atoms with E-state index < -0.39 is 11.8 Å². The first-order valence-electron chi connectivity index (χ1n) is 5.57. The normalized spacial score (nSPS) is 10.3. The minimum absolute atomic E-state index is 0.00284. The molecule has 2 aromatic rings. The van der Waals surface area contributed by atoms with Gasteiger partial charge in [0.25, 0.3) is 0 Å². The molecular formula is C14H9BrClFO3. The van der Waals surface area contributed by atoms with E-state index in [-0.39, 0.29) is 17.2 Å². The molecule has 0 aromatic heterocycles. The Morgan fingerprint density at radius 3 is 2.80 bits per heavy atom. The van der Waals surface area contributed by atoms with Crippen molar-refractivity contribution < 1.29 is 19.0 Å². The van der Waals surface area contributed by atoms with Crippen LogP contribution in [-0.2, 0) is 6.61 Å². The molecule has 0 radical (unpaired) electrons. The zero-order valence-corrected chi connectivity index (χ0v) is 12.4. The third-order valence-electron chi connectivity index (χ3n) is 2.59. The smallest absolute Gasteiger partial charge is 0.336 e. The average Bonchev–Trinajstić information content (AvgIpc) is 2.41. The van der Waals surface area contributed by atoms with Gasteiger partial charge in [0.2, 0.25) is 0 Å². The lowest BCUT2D eigenvalue weighted by atomic mass is 10.2. The highest BCUT2D eigenvalue weighted by atomic mass is 79.9. The summed E-state index contributed by atoms with van der Waals surface area (Å²) in [6, 6.07) is 9.01. The molecule has 0 saturated heterocycles. The summed E-state index contributed by atoms with van der Waals surface area (Å²) in [7, 11) is 0. The fraction of sp³-hybridized carbons (Fsp3) is 0.0714. The molecule has 0 aliphatic carbocycles. The van der Waals surface area contributed by atoms with Gasteiger partial charge in [0.05, 0.1) is 10.6 Å². The van der Waals surface area contributed by atoms with Crippen LogP contribution in [0, 0.1) is 5.82 Å². The highest BCUT2D eigenvalue weighted by Gasteiger charge is 2.11. The molecule has 0 unspecified atom stereocenters. The molecule has 6 heteroatoms. The van der Waals surface area contributed by atoms with E-state index in [0.29, 0.717) is 15.8 Å². The van der Waals surface area contributed by atoms with Crippen LogP contribution in [-0.4, -0.2) is 11.1 Å². The van der Waals surface area contributed by atoms with E-state index in [1.54, 1.807) is 18.2 Å². The fourth-order valence-corrected chi connectivity index (χ4v) is 2.18. The highest BCUT2D eigenvalue weighted by molar-refractivity contribution is 9.10.